The van der Waals surface area contributed by atoms with Gasteiger partial charge in [-0.25, -0.2) is 14.4 Å². The Morgan fingerprint density at radius 1 is 1.13 bits per heavy atom. The number of amides is 1. The zero-order chi connectivity index (χ0) is 26.9. The van der Waals surface area contributed by atoms with Crippen molar-refractivity contribution in [2.75, 3.05) is 44.3 Å². The number of carbonyl (C=O) groups is 1. The van der Waals surface area contributed by atoms with Gasteiger partial charge in [0.05, 0.1) is 12.2 Å². The average molecular weight is 536 g/mol. The van der Waals surface area contributed by atoms with Crippen LogP contribution in [-0.4, -0.2) is 72.4 Å². The fourth-order valence-electron chi connectivity index (χ4n) is 5.62. The van der Waals surface area contributed by atoms with E-state index >= 15 is 0 Å². The Morgan fingerprint density at radius 3 is 2.66 bits per heavy atom. The number of fused-ring (bicyclic) bond motifs is 1. The van der Waals surface area contributed by atoms with E-state index in [2.05, 4.69) is 15.3 Å². The molecule has 1 aromatic heterocycles. The van der Waals surface area contributed by atoms with Crippen LogP contribution in [0.3, 0.4) is 0 Å². The molecule has 2 saturated heterocycles. The Hall–Kier alpha value is -2.79. The Labute approximate surface area is 219 Å². The summed E-state index contributed by atoms with van der Waals surface area (Å²) >= 11 is 0. The average Bonchev–Trinajstić information content (AvgIpc) is 2.91. The van der Waals surface area contributed by atoms with Crippen LogP contribution in [0.15, 0.2) is 24.5 Å². The molecule has 2 fully saturated rings. The first-order chi connectivity index (χ1) is 18.2. The largest absolute Gasteiger partial charge is 0.416 e. The molecule has 11 heteroatoms. The number of halogens is 4. The quantitative estimate of drug-likeness (QED) is 0.586. The van der Waals surface area contributed by atoms with Crippen molar-refractivity contribution in [3.63, 3.8) is 0 Å². The number of aromatic nitrogens is 2. The second kappa shape index (κ2) is 11.1. The lowest BCUT2D eigenvalue weighted by Crippen LogP contribution is -2.47. The first-order valence-corrected chi connectivity index (χ1v) is 13.2. The van der Waals surface area contributed by atoms with Crippen molar-refractivity contribution < 1.29 is 27.1 Å². The lowest BCUT2D eigenvalue weighted by atomic mass is 9.96. The molecule has 1 unspecified atom stereocenters. The molecular formula is C27H33F4N5O2. The van der Waals surface area contributed by atoms with Gasteiger partial charge in [0.2, 0.25) is 0 Å². The number of ether oxygens (including phenoxy) is 1. The fourth-order valence-corrected chi connectivity index (χ4v) is 5.62. The predicted octanol–water partition coefficient (Wildman–Crippen LogP) is 3.94. The van der Waals surface area contributed by atoms with Gasteiger partial charge in [-0.2, -0.15) is 13.2 Å². The SMILES string of the molecule is Cc1c(C(=O)N2CCC(NCC3CCOC[C@H]3F)CC2)ncnc1N1CCc2ccc(C(F)(F)F)cc2C1. The molecule has 38 heavy (non-hydrogen) atoms. The summed E-state index contributed by atoms with van der Waals surface area (Å²) in [5.74, 6) is 0.363. The second-order valence-electron chi connectivity index (χ2n) is 10.4. The molecule has 0 radical (unpaired) electrons. The highest BCUT2D eigenvalue weighted by Gasteiger charge is 2.33. The Bertz CT molecular complexity index is 1150. The lowest BCUT2D eigenvalue weighted by Gasteiger charge is -2.35. The molecule has 2 atom stereocenters. The van der Waals surface area contributed by atoms with E-state index in [0.717, 1.165) is 24.5 Å². The third kappa shape index (κ3) is 5.78. The summed E-state index contributed by atoms with van der Waals surface area (Å²) < 4.78 is 58.9. The third-order valence-corrected chi connectivity index (χ3v) is 7.98. The molecule has 5 rings (SSSR count). The number of anilines is 1. The van der Waals surface area contributed by atoms with Gasteiger partial charge in [0.25, 0.3) is 5.91 Å². The van der Waals surface area contributed by atoms with Crippen LogP contribution in [0.5, 0.6) is 0 Å². The summed E-state index contributed by atoms with van der Waals surface area (Å²) in [5.41, 5.74) is 1.79. The van der Waals surface area contributed by atoms with Crippen molar-refractivity contribution in [3.05, 3.63) is 52.5 Å². The van der Waals surface area contributed by atoms with Crippen LogP contribution in [0.4, 0.5) is 23.4 Å². The zero-order valence-electron chi connectivity index (χ0n) is 21.4. The molecule has 0 aliphatic carbocycles. The number of likely N-dealkylation sites (tertiary alicyclic amines) is 1. The van der Waals surface area contributed by atoms with Crippen molar-refractivity contribution in [1.29, 1.82) is 0 Å². The minimum absolute atomic E-state index is 0.0349. The number of nitrogens with zero attached hydrogens (tertiary/aromatic N) is 4. The maximum absolute atomic E-state index is 14.0. The van der Waals surface area contributed by atoms with Gasteiger partial charge in [0, 0.05) is 56.9 Å². The van der Waals surface area contributed by atoms with Crippen LogP contribution in [0.1, 0.15) is 52.0 Å². The van der Waals surface area contributed by atoms with Gasteiger partial charge < -0.3 is 19.9 Å². The summed E-state index contributed by atoms with van der Waals surface area (Å²) in [4.78, 5) is 25.7. The van der Waals surface area contributed by atoms with E-state index in [9.17, 15) is 22.4 Å². The van der Waals surface area contributed by atoms with Crippen LogP contribution in [0.2, 0.25) is 0 Å². The summed E-state index contributed by atoms with van der Waals surface area (Å²) in [6.45, 7) is 5.18. The van der Waals surface area contributed by atoms with Crippen molar-refractivity contribution in [2.45, 2.75) is 57.5 Å². The van der Waals surface area contributed by atoms with Crippen LogP contribution in [0.25, 0.3) is 0 Å². The van der Waals surface area contributed by atoms with Crippen molar-refractivity contribution in [2.24, 2.45) is 5.92 Å². The Kier molecular flexibility index (Phi) is 7.85. The summed E-state index contributed by atoms with van der Waals surface area (Å²) in [6, 6.07) is 4.11. The maximum atomic E-state index is 14.0. The number of carbonyl (C=O) groups excluding carboxylic acids is 1. The predicted molar refractivity (Wildman–Crippen MR) is 134 cm³/mol. The van der Waals surface area contributed by atoms with Crippen LogP contribution in [-0.2, 0) is 23.9 Å². The van der Waals surface area contributed by atoms with Crippen LogP contribution in [0, 0.1) is 12.8 Å². The summed E-state index contributed by atoms with van der Waals surface area (Å²) in [5, 5.41) is 3.47. The van der Waals surface area contributed by atoms with Gasteiger partial charge in [-0.05, 0) is 55.9 Å². The number of hydrogen-bond donors (Lipinski definition) is 1. The molecule has 3 aliphatic heterocycles. The maximum Gasteiger partial charge on any atom is 0.416 e. The van der Waals surface area contributed by atoms with E-state index < -0.39 is 17.9 Å². The monoisotopic (exact) mass is 535 g/mol. The number of nitrogens with one attached hydrogen (secondary N) is 1. The van der Waals surface area contributed by atoms with Crippen molar-refractivity contribution >= 4 is 11.7 Å². The molecule has 1 N–H and O–H groups in total. The highest BCUT2D eigenvalue weighted by molar-refractivity contribution is 5.94. The van der Waals surface area contributed by atoms with E-state index in [4.69, 9.17) is 4.74 Å². The Balaban J connectivity index is 1.21. The van der Waals surface area contributed by atoms with E-state index in [0.29, 0.717) is 68.3 Å². The van der Waals surface area contributed by atoms with Gasteiger partial charge in [-0.3, -0.25) is 4.79 Å². The summed E-state index contributed by atoms with van der Waals surface area (Å²) in [7, 11) is 0. The molecule has 0 spiro atoms. The number of alkyl halides is 4. The number of rotatable bonds is 5. The van der Waals surface area contributed by atoms with Crippen LogP contribution >= 0.6 is 0 Å². The molecule has 1 aromatic carbocycles. The molecule has 0 bridgehead atoms. The minimum Gasteiger partial charge on any atom is -0.378 e. The molecule has 4 heterocycles. The molecule has 0 saturated carbocycles. The third-order valence-electron chi connectivity index (χ3n) is 7.98. The molecule has 2 aromatic rings. The van der Waals surface area contributed by atoms with E-state index in [1.165, 1.54) is 12.4 Å². The summed E-state index contributed by atoms with van der Waals surface area (Å²) in [6.07, 6.45) is -1.13. The molecule has 3 aliphatic rings. The van der Waals surface area contributed by atoms with Gasteiger partial charge in [0.1, 0.15) is 24.0 Å². The van der Waals surface area contributed by atoms with Gasteiger partial charge in [-0.1, -0.05) is 6.07 Å². The number of piperidine rings is 1. The molecule has 206 valence electrons. The molecule has 1 amide bonds. The first kappa shape index (κ1) is 26.8. The number of benzene rings is 1. The topological polar surface area (TPSA) is 70.6 Å². The zero-order valence-corrected chi connectivity index (χ0v) is 21.4. The van der Waals surface area contributed by atoms with E-state index in [-0.39, 0.29) is 31.0 Å². The van der Waals surface area contributed by atoms with Crippen molar-refractivity contribution in [1.82, 2.24) is 20.2 Å². The van der Waals surface area contributed by atoms with E-state index in [1.54, 1.807) is 17.9 Å². The van der Waals surface area contributed by atoms with Crippen LogP contribution < -0.4 is 10.2 Å². The minimum atomic E-state index is -4.40. The van der Waals surface area contributed by atoms with E-state index in [1.807, 2.05) is 4.90 Å². The normalized spacial score (nSPS) is 22.9. The molecule has 7 nitrogen and oxygen atoms in total. The lowest BCUT2D eigenvalue weighted by molar-refractivity contribution is -0.137. The smallest absolute Gasteiger partial charge is 0.378 e. The highest BCUT2D eigenvalue weighted by Crippen LogP contribution is 2.33. The molecular weight excluding hydrogens is 502 g/mol. The standard InChI is InChI=1S/C27H33F4N5O2/c1-17-24(26(37)35-9-5-22(6-10-35)32-13-19-7-11-38-15-23(19)28)33-16-34-25(17)36-8-4-18-2-3-21(27(29,30)31)12-20(18)14-36/h2-3,12,16,19,22-23,32H,4-11,13-15H2,1H3/t19?,23-/m1/s1. The second-order valence-corrected chi connectivity index (χ2v) is 10.4. The fraction of sp³-hybridized carbons (Fsp3) is 0.593. The van der Waals surface area contributed by atoms with Gasteiger partial charge >= 0.3 is 6.18 Å². The van der Waals surface area contributed by atoms with Gasteiger partial charge in [0.15, 0.2) is 0 Å². The van der Waals surface area contributed by atoms with Crippen molar-refractivity contribution in [3.8, 4) is 0 Å². The number of hydrogen-bond acceptors (Lipinski definition) is 6. The highest BCUT2D eigenvalue weighted by atomic mass is 19.4. The first-order valence-electron chi connectivity index (χ1n) is 13.2. The van der Waals surface area contributed by atoms with Gasteiger partial charge in [-0.15, -0.1) is 0 Å². The Morgan fingerprint density at radius 2 is 1.92 bits per heavy atom.